The molecular formula is C24H38OS. The first-order valence-electron chi connectivity index (χ1n) is 10.2. The van der Waals surface area contributed by atoms with Crippen LogP contribution in [0.3, 0.4) is 0 Å². The van der Waals surface area contributed by atoms with Crippen molar-refractivity contribution in [1.29, 1.82) is 0 Å². The van der Waals surface area contributed by atoms with Gasteiger partial charge >= 0.3 is 0 Å². The number of aliphatic hydroxyl groups is 1. The molecule has 146 valence electrons. The molecule has 1 nitrogen and oxygen atoms in total. The van der Waals surface area contributed by atoms with Crippen LogP contribution in [0.1, 0.15) is 63.9 Å². The van der Waals surface area contributed by atoms with Crippen molar-refractivity contribution in [1.82, 2.24) is 0 Å². The first-order chi connectivity index (χ1) is 12.7. The van der Waals surface area contributed by atoms with Crippen LogP contribution in [0.5, 0.6) is 0 Å². The van der Waals surface area contributed by atoms with Gasteiger partial charge in [0.25, 0.3) is 0 Å². The van der Waals surface area contributed by atoms with Crippen molar-refractivity contribution in [3.63, 3.8) is 0 Å². The van der Waals surface area contributed by atoms with Crippen LogP contribution in [-0.4, -0.2) is 23.2 Å². The summed E-state index contributed by atoms with van der Waals surface area (Å²) in [7, 11) is 0. The Morgan fingerprint density at radius 1 is 1.12 bits per heavy atom. The Labute approximate surface area is 166 Å². The molecule has 2 heteroatoms. The molecule has 0 radical (unpaired) electrons. The van der Waals surface area contributed by atoms with E-state index in [1.807, 2.05) is 11.8 Å². The fourth-order valence-corrected chi connectivity index (χ4v) is 4.27. The Hall–Kier alpha value is -0.990. The van der Waals surface area contributed by atoms with E-state index in [0.29, 0.717) is 18.4 Å². The molecule has 0 heterocycles. The standard InChI is InChI=1S/C24H38OS/c1-4-22(20-21(3)16-18-26-19-17-25)12-8-6-9-13-23(5-2)24-14-10-7-11-15-24/h4,6-7,9-11,14-15,21-23,25H,1,5,8,12-13,16-20H2,2-3H3. The molecule has 0 aliphatic rings. The van der Waals surface area contributed by atoms with Crippen LogP contribution < -0.4 is 0 Å². The SMILES string of the molecule is C=CC(CCC=CCC(CC)c1ccccc1)CC(C)CCSCCO. The zero-order valence-electron chi connectivity index (χ0n) is 16.8. The number of hydrogen-bond acceptors (Lipinski definition) is 2. The van der Waals surface area contributed by atoms with E-state index in [9.17, 15) is 0 Å². The summed E-state index contributed by atoms with van der Waals surface area (Å²) in [6.07, 6.45) is 14.0. The van der Waals surface area contributed by atoms with Gasteiger partial charge in [0.05, 0.1) is 6.61 Å². The zero-order valence-corrected chi connectivity index (χ0v) is 17.6. The van der Waals surface area contributed by atoms with Crippen LogP contribution in [0, 0.1) is 11.8 Å². The molecule has 0 saturated carbocycles. The number of aliphatic hydroxyl groups excluding tert-OH is 1. The van der Waals surface area contributed by atoms with Crippen molar-refractivity contribution in [2.75, 3.05) is 18.1 Å². The molecule has 0 saturated heterocycles. The third-order valence-corrected chi connectivity index (χ3v) is 6.08. The minimum absolute atomic E-state index is 0.295. The lowest BCUT2D eigenvalue weighted by molar-refractivity contribution is 0.322. The Bertz CT molecular complexity index is 482. The number of rotatable bonds is 15. The minimum atomic E-state index is 0.295. The fraction of sp³-hybridized carbons (Fsp3) is 0.583. The molecule has 0 fully saturated rings. The van der Waals surface area contributed by atoms with E-state index >= 15 is 0 Å². The lowest BCUT2D eigenvalue weighted by Gasteiger charge is -2.17. The van der Waals surface area contributed by atoms with Crippen LogP contribution in [0.4, 0.5) is 0 Å². The van der Waals surface area contributed by atoms with Gasteiger partial charge in [0.15, 0.2) is 0 Å². The highest BCUT2D eigenvalue weighted by Crippen LogP contribution is 2.25. The van der Waals surface area contributed by atoms with Gasteiger partial charge in [-0.3, -0.25) is 0 Å². The van der Waals surface area contributed by atoms with Crippen LogP contribution in [0.25, 0.3) is 0 Å². The first kappa shape index (κ1) is 23.0. The average molecular weight is 375 g/mol. The Morgan fingerprint density at radius 2 is 1.88 bits per heavy atom. The van der Waals surface area contributed by atoms with E-state index in [2.05, 4.69) is 69.0 Å². The summed E-state index contributed by atoms with van der Waals surface area (Å²) < 4.78 is 0. The highest BCUT2D eigenvalue weighted by atomic mass is 32.2. The van der Waals surface area contributed by atoms with Crippen LogP contribution >= 0.6 is 11.8 Å². The maximum atomic E-state index is 8.83. The molecule has 0 spiro atoms. The van der Waals surface area contributed by atoms with Crippen molar-refractivity contribution >= 4 is 11.8 Å². The molecule has 0 aromatic heterocycles. The molecule has 1 N–H and O–H groups in total. The third-order valence-electron chi connectivity index (χ3n) is 5.08. The minimum Gasteiger partial charge on any atom is -0.396 e. The van der Waals surface area contributed by atoms with Crippen molar-refractivity contribution in [2.45, 2.75) is 58.3 Å². The van der Waals surface area contributed by atoms with Crippen molar-refractivity contribution < 1.29 is 5.11 Å². The summed E-state index contributed by atoms with van der Waals surface area (Å²) in [4.78, 5) is 0. The summed E-state index contributed by atoms with van der Waals surface area (Å²) in [5, 5.41) is 8.83. The molecule has 3 atom stereocenters. The highest BCUT2D eigenvalue weighted by molar-refractivity contribution is 7.99. The lowest BCUT2D eigenvalue weighted by Crippen LogP contribution is -2.05. The summed E-state index contributed by atoms with van der Waals surface area (Å²) >= 11 is 1.86. The number of thioether (sulfide) groups is 1. The molecular weight excluding hydrogens is 336 g/mol. The van der Waals surface area contributed by atoms with Gasteiger partial charge < -0.3 is 5.11 Å². The molecule has 0 aliphatic carbocycles. The summed E-state index contributed by atoms with van der Waals surface area (Å²) in [6, 6.07) is 10.9. The van der Waals surface area contributed by atoms with Gasteiger partial charge in [-0.25, -0.2) is 0 Å². The zero-order chi connectivity index (χ0) is 19.0. The highest BCUT2D eigenvalue weighted by Gasteiger charge is 2.10. The van der Waals surface area contributed by atoms with Crippen molar-refractivity contribution in [3.8, 4) is 0 Å². The first-order valence-corrected chi connectivity index (χ1v) is 11.4. The van der Waals surface area contributed by atoms with Crippen LogP contribution in [0.15, 0.2) is 55.1 Å². The lowest BCUT2D eigenvalue weighted by atomic mass is 9.90. The van der Waals surface area contributed by atoms with Gasteiger partial charge in [-0.15, -0.1) is 6.58 Å². The summed E-state index contributed by atoms with van der Waals surface area (Å²) in [5.74, 6) is 4.01. The van der Waals surface area contributed by atoms with Gasteiger partial charge in [0.1, 0.15) is 0 Å². The van der Waals surface area contributed by atoms with E-state index in [-0.39, 0.29) is 0 Å². The average Bonchev–Trinajstić information content (AvgIpc) is 2.67. The van der Waals surface area contributed by atoms with E-state index in [4.69, 9.17) is 5.11 Å². The molecule has 1 aromatic carbocycles. The molecule has 3 unspecified atom stereocenters. The van der Waals surface area contributed by atoms with Crippen molar-refractivity contribution in [3.05, 3.63) is 60.7 Å². The largest absolute Gasteiger partial charge is 0.396 e. The normalized spacial score (nSPS) is 15.0. The molecule has 0 aliphatic heterocycles. The monoisotopic (exact) mass is 374 g/mol. The van der Waals surface area contributed by atoms with E-state index < -0.39 is 0 Å². The predicted molar refractivity (Wildman–Crippen MR) is 119 cm³/mol. The Morgan fingerprint density at radius 3 is 2.54 bits per heavy atom. The Kier molecular flexibility index (Phi) is 13.4. The molecule has 26 heavy (non-hydrogen) atoms. The van der Waals surface area contributed by atoms with Gasteiger partial charge in [0, 0.05) is 5.75 Å². The third kappa shape index (κ3) is 10.2. The molecule has 0 amide bonds. The second-order valence-electron chi connectivity index (χ2n) is 7.26. The number of benzene rings is 1. The maximum Gasteiger partial charge on any atom is 0.0521 e. The van der Waals surface area contributed by atoms with E-state index in [1.54, 1.807) is 0 Å². The summed E-state index contributed by atoms with van der Waals surface area (Å²) in [6.45, 7) is 8.96. The van der Waals surface area contributed by atoms with E-state index in [0.717, 1.165) is 30.3 Å². The molecule has 0 bridgehead atoms. The smallest absolute Gasteiger partial charge is 0.0521 e. The second-order valence-corrected chi connectivity index (χ2v) is 8.49. The Balaban J connectivity index is 2.26. The topological polar surface area (TPSA) is 20.2 Å². The summed E-state index contributed by atoms with van der Waals surface area (Å²) in [5.41, 5.74) is 1.46. The predicted octanol–water partition coefficient (Wildman–Crippen LogP) is 6.85. The van der Waals surface area contributed by atoms with Gasteiger partial charge in [-0.1, -0.05) is 62.4 Å². The van der Waals surface area contributed by atoms with Gasteiger partial charge in [-0.2, -0.15) is 11.8 Å². The van der Waals surface area contributed by atoms with Gasteiger partial charge in [0.2, 0.25) is 0 Å². The van der Waals surface area contributed by atoms with Gasteiger partial charge in [-0.05, 0) is 67.6 Å². The quantitative estimate of drug-likeness (QED) is 0.267. The number of hydrogen-bond donors (Lipinski definition) is 1. The van der Waals surface area contributed by atoms with Crippen LogP contribution in [-0.2, 0) is 0 Å². The maximum absolute atomic E-state index is 8.83. The molecule has 1 rings (SSSR count). The van der Waals surface area contributed by atoms with E-state index in [1.165, 1.54) is 31.2 Å². The fourth-order valence-electron chi connectivity index (χ4n) is 3.37. The van der Waals surface area contributed by atoms with Crippen LogP contribution in [0.2, 0.25) is 0 Å². The second kappa shape index (κ2) is 15.1. The number of allylic oxidation sites excluding steroid dienone is 3. The molecule has 1 aromatic rings. The van der Waals surface area contributed by atoms with Crippen molar-refractivity contribution in [2.24, 2.45) is 11.8 Å².